The highest BCUT2D eigenvalue weighted by Gasteiger charge is 2.33. The molecule has 2 rings (SSSR count). The third-order valence-corrected chi connectivity index (χ3v) is 5.58. The maximum atomic E-state index is 14.1. The summed E-state index contributed by atoms with van der Waals surface area (Å²) < 4.78 is 40.6. The van der Waals surface area contributed by atoms with Crippen molar-refractivity contribution < 1.29 is 12.8 Å². The van der Waals surface area contributed by atoms with Crippen LogP contribution in [0.4, 0.5) is 10.1 Å². The first-order valence-corrected chi connectivity index (χ1v) is 7.85. The molecule has 1 unspecified atom stereocenters. The molecule has 1 aliphatic rings. The van der Waals surface area contributed by atoms with Crippen molar-refractivity contribution in [1.82, 2.24) is 4.31 Å². The first-order chi connectivity index (χ1) is 8.84. The molecule has 1 heterocycles. The third kappa shape index (κ3) is 2.60. The number of aryl methyl sites for hydroxylation is 1. The van der Waals surface area contributed by atoms with Gasteiger partial charge in [-0.25, -0.2) is 12.8 Å². The minimum absolute atomic E-state index is 0.0973. The third-order valence-electron chi connectivity index (χ3n) is 3.57. The van der Waals surface area contributed by atoms with Crippen molar-refractivity contribution in [3.05, 3.63) is 23.5 Å². The van der Waals surface area contributed by atoms with Gasteiger partial charge >= 0.3 is 0 Å². The van der Waals surface area contributed by atoms with Crippen LogP contribution in [0.15, 0.2) is 17.0 Å². The molecule has 0 aromatic heterocycles. The molecule has 1 aliphatic heterocycles. The number of hydrogen-bond acceptors (Lipinski definition) is 3. The van der Waals surface area contributed by atoms with Gasteiger partial charge in [-0.05, 0) is 44.4 Å². The first kappa shape index (κ1) is 14.3. The molecule has 1 atom stereocenters. The summed E-state index contributed by atoms with van der Waals surface area (Å²) in [5.74, 6) is -0.702. The normalized spacial score (nSPS) is 21.5. The monoisotopic (exact) mass is 286 g/mol. The van der Waals surface area contributed by atoms with E-state index >= 15 is 0 Å². The Labute approximate surface area is 113 Å². The second kappa shape index (κ2) is 5.09. The van der Waals surface area contributed by atoms with Crippen LogP contribution in [0.25, 0.3) is 0 Å². The van der Waals surface area contributed by atoms with Crippen LogP contribution in [0.5, 0.6) is 0 Å². The van der Waals surface area contributed by atoms with Crippen molar-refractivity contribution in [2.24, 2.45) is 0 Å². The lowest BCUT2D eigenvalue weighted by Gasteiger charge is -2.32. The highest BCUT2D eigenvalue weighted by atomic mass is 32.2. The summed E-state index contributed by atoms with van der Waals surface area (Å²) in [7, 11) is -3.81. The Morgan fingerprint density at radius 2 is 2.05 bits per heavy atom. The number of nitrogens with zero attached hydrogens (tertiary/aromatic N) is 1. The topological polar surface area (TPSA) is 63.4 Å². The zero-order valence-electron chi connectivity index (χ0n) is 11.2. The second-order valence-corrected chi connectivity index (χ2v) is 6.97. The molecule has 1 aromatic carbocycles. The van der Waals surface area contributed by atoms with Gasteiger partial charge in [-0.15, -0.1) is 0 Å². The standard InChI is InChI=1S/C13H19FN2O2S/c1-9-7-11(15)8-12(13(9)14)19(17,18)16-6-4-3-5-10(16)2/h7-8,10H,3-6,15H2,1-2H3. The summed E-state index contributed by atoms with van der Waals surface area (Å²) >= 11 is 0. The van der Waals surface area contributed by atoms with Crippen LogP contribution < -0.4 is 5.73 Å². The molecule has 0 radical (unpaired) electrons. The summed E-state index contributed by atoms with van der Waals surface area (Å²) in [6, 6.07) is 2.55. The molecule has 0 amide bonds. The second-order valence-electron chi connectivity index (χ2n) is 5.11. The van der Waals surface area contributed by atoms with Crippen LogP contribution in [0.1, 0.15) is 31.7 Å². The van der Waals surface area contributed by atoms with E-state index < -0.39 is 15.8 Å². The van der Waals surface area contributed by atoms with Gasteiger partial charge in [0, 0.05) is 18.3 Å². The van der Waals surface area contributed by atoms with E-state index in [-0.39, 0.29) is 22.2 Å². The van der Waals surface area contributed by atoms with E-state index in [9.17, 15) is 12.8 Å². The summed E-state index contributed by atoms with van der Waals surface area (Å²) in [5, 5.41) is 0. The number of hydrogen-bond donors (Lipinski definition) is 1. The van der Waals surface area contributed by atoms with Gasteiger partial charge in [-0.2, -0.15) is 4.31 Å². The van der Waals surface area contributed by atoms with Crippen molar-refractivity contribution in [3.8, 4) is 0 Å². The number of nitrogens with two attached hydrogens (primary N) is 1. The van der Waals surface area contributed by atoms with E-state index in [2.05, 4.69) is 0 Å². The lowest BCUT2D eigenvalue weighted by Crippen LogP contribution is -2.42. The van der Waals surface area contributed by atoms with Crippen LogP contribution in [-0.4, -0.2) is 25.3 Å². The largest absolute Gasteiger partial charge is 0.399 e. The molecule has 1 aromatic rings. The van der Waals surface area contributed by atoms with E-state index in [0.29, 0.717) is 6.54 Å². The van der Waals surface area contributed by atoms with Gasteiger partial charge in [-0.3, -0.25) is 0 Å². The number of benzene rings is 1. The van der Waals surface area contributed by atoms with Gasteiger partial charge in [0.05, 0.1) is 0 Å². The number of halogens is 1. The summed E-state index contributed by atoms with van der Waals surface area (Å²) in [6.07, 6.45) is 2.63. The molecule has 19 heavy (non-hydrogen) atoms. The highest BCUT2D eigenvalue weighted by molar-refractivity contribution is 7.89. The maximum Gasteiger partial charge on any atom is 0.246 e. The average Bonchev–Trinajstić information content (AvgIpc) is 2.34. The van der Waals surface area contributed by atoms with Crippen LogP contribution >= 0.6 is 0 Å². The molecule has 6 heteroatoms. The zero-order valence-corrected chi connectivity index (χ0v) is 12.0. The van der Waals surface area contributed by atoms with E-state index in [0.717, 1.165) is 19.3 Å². The molecule has 0 saturated carbocycles. The van der Waals surface area contributed by atoms with Gasteiger partial charge in [0.1, 0.15) is 10.7 Å². The summed E-state index contributed by atoms with van der Waals surface area (Å²) in [6.45, 7) is 3.81. The Hall–Kier alpha value is -1.14. The molecule has 0 bridgehead atoms. The fraction of sp³-hybridized carbons (Fsp3) is 0.538. The van der Waals surface area contributed by atoms with E-state index in [1.165, 1.54) is 23.4 Å². The molecule has 4 nitrogen and oxygen atoms in total. The highest BCUT2D eigenvalue weighted by Crippen LogP contribution is 2.29. The van der Waals surface area contributed by atoms with E-state index in [1.54, 1.807) is 0 Å². The number of anilines is 1. The Morgan fingerprint density at radius 3 is 2.68 bits per heavy atom. The Morgan fingerprint density at radius 1 is 1.37 bits per heavy atom. The smallest absolute Gasteiger partial charge is 0.246 e. The molecular weight excluding hydrogens is 267 g/mol. The average molecular weight is 286 g/mol. The number of sulfonamides is 1. The van der Waals surface area contributed by atoms with Gasteiger partial charge in [-0.1, -0.05) is 6.42 Å². The van der Waals surface area contributed by atoms with Crippen molar-refractivity contribution >= 4 is 15.7 Å². The first-order valence-electron chi connectivity index (χ1n) is 6.41. The predicted molar refractivity (Wildman–Crippen MR) is 72.8 cm³/mol. The predicted octanol–water partition coefficient (Wildman–Crippen LogP) is 2.28. The summed E-state index contributed by atoms with van der Waals surface area (Å²) in [4.78, 5) is -0.307. The molecular formula is C13H19FN2O2S. The minimum atomic E-state index is -3.81. The molecule has 1 saturated heterocycles. The quantitative estimate of drug-likeness (QED) is 0.848. The fourth-order valence-corrected chi connectivity index (χ4v) is 4.38. The van der Waals surface area contributed by atoms with Crippen molar-refractivity contribution in [2.75, 3.05) is 12.3 Å². The van der Waals surface area contributed by atoms with Gasteiger partial charge in [0.2, 0.25) is 10.0 Å². The molecule has 106 valence electrons. The fourth-order valence-electron chi connectivity index (χ4n) is 2.51. The van der Waals surface area contributed by atoms with Crippen molar-refractivity contribution in [2.45, 2.75) is 44.0 Å². The van der Waals surface area contributed by atoms with Crippen molar-refractivity contribution in [1.29, 1.82) is 0 Å². The number of piperidine rings is 1. The van der Waals surface area contributed by atoms with Crippen LogP contribution in [-0.2, 0) is 10.0 Å². The van der Waals surface area contributed by atoms with Crippen LogP contribution in [0, 0.1) is 12.7 Å². The van der Waals surface area contributed by atoms with Gasteiger partial charge in [0.25, 0.3) is 0 Å². The maximum absolute atomic E-state index is 14.1. The van der Waals surface area contributed by atoms with Gasteiger partial charge < -0.3 is 5.73 Å². The zero-order chi connectivity index (χ0) is 14.2. The lowest BCUT2D eigenvalue weighted by atomic mass is 10.1. The molecule has 0 spiro atoms. The lowest BCUT2D eigenvalue weighted by molar-refractivity contribution is 0.268. The number of rotatable bonds is 2. The Kier molecular flexibility index (Phi) is 3.82. The van der Waals surface area contributed by atoms with E-state index in [4.69, 9.17) is 5.73 Å². The van der Waals surface area contributed by atoms with Crippen molar-refractivity contribution in [3.63, 3.8) is 0 Å². The SMILES string of the molecule is Cc1cc(N)cc(S(=O)(=O)N2CCCCC2C)c1F. The molecule has 0 aliphatic carbocycles. The Bertz CT molecular complexity index is 587. The van der Waals surface area contributed by atoms with E-state index in [1.807, 2.05) is 6.92 Å². The molecule has 2 N–H and O–H groups in total. The van der Waals surface area contributed by atoms with Crippen LogP contribution in [0.3, 0.4) is 0 Å². The van der Waals surface area contributed by atoms with Gasteiger partial charge in [0.15, 0.2) is 0 Å². The van der Waals surface area contributed by atoms with Crippen LogP contribution in [0.2, 0.25) is 0 Å². The minimum Gasteiger partial charge on any atom is -0.399 e. The Balaban J connectivity index is 2.50. The summed E-state index contributed by atoms with van der Waals surface area (Å²) in [5.41, 5.74) is 6.16. The molecule has 1 fully saturated rings. The number of nitrogen functional groups attached to an aromatic ring is 1.